The molecule has 0 bridgehead atoms. The van der Waals surface area contributed by atoms with E-state index in [9.17, 15) is 18.0 Å². The van der Waals surface area contributed by atoms with Crippen molar-refractivity contribution in [1.82, 2.24) is 4.98 Å². The molecule has 0 N–H and O–H groups in total. The topological polar surface area (TPSA) is 30.0 Å². The summed E-state index contributed by atoms with van der Waals surface area (Å²) in [7, 11) is 0. The van der Waals surface area contributed by atoms with Crippen LogP contribution < -0.4 is 0 Å². The molecule has 1 aliphatic carbocycles. The normalized spacial score (nSPS) is 25.2. The van der Waals surface area contributed by atoms with Gasteiger partial charge in [0.25, 0.3) is 0 Å². The van der Waals surface area contributed by atoms with Gasteiger partial charge in [0.15, 0.2) is 0 Å². The predicted octanol–water partition coefficient (Wildman–Crippen LogP) is 4.12. The van der Waals surface area contributed by atoms with Crippen molar-refractivity contribution in [2.24, 2.45) is 11.8 Å². The third kappa shape index (κ3) is 3.38. The van der Waals surface area contributed by atoms with E-state index in [1.165, 1.54) is 0 Å². The number of rotatable bonds is 3. The van der Waals surface area contributed by atoms with E-state index in [4.69, 9.17) is 0 Å². The Labute approximate surface area is 116 Å². The number of carbonyl (C=O) groups is 1. The van der Waals surface area contributed by atoms with Crippen molar-refractivity contribution < 1.29 is 18.0 Å². The molecular weight excluding hydrogens is 267 g/mol. The number of aromatic nitrogens is 1. The first kappa shape index (κ1) is 15.0. The fourth-order valence-electron chi connectivity index (χ4n) is 2.88. The second-order valence-electron chi connectivity index (χ2n) is 5.49. The zero-order valence-corrected chi connectivity index (χ0v) is 11.4. The number of hydrogen-bond donors (Lipinski definition) is 0. The van der Waals surface area contributed by atoms with Crippen LogP contribution in [0.4, 0.5) is 13.2 Å². The summed E-state index contributed by atoms with van der Waals surface area (Å²) in [6.07, 6.45) is -0.0348. The van der Waals surface area contributed by atoms with E-state index < -0.39 is 12.1 Å². The van der Waals surface area contributed by atoms with E-state index in [1.54, 1.807) is 24.5 Å². The Morgan fingerprint density at radius 1 is 1.20 bits per heavy atom. The first-order chi connectivity index (χ1) is 9.39. The Balaban J connectivity index is 1.95. The van der Waals surface area contributed by atoms with Gasteiger partial charge in [-0.2, -0.15) is 13.2 Å². The lowest BCUT2D eigenvalue weighted by atomic mass is 9.76. The molecule has 0 saturated heterocycles. The van der Waals surface area contributed by atoms with Gasteiger partial charge in [0, 0.05) is 24.2 Å². The highest BCUT2D eigenvalue weighted by Crippen LogP contribution is 2.40. The van der Waals surface area contributed by atoms with Crippen LogP contribution in [0.2, 0.25) is 0 Å². The maximum absolute atomic E-state index is 12.6. The lowest BCUT2D eigenvalue weighted by molar-refractivity contribution is -0.184. The van der Waals surface area contributed by atoms with E-state index in [0.717, 1.165) is 5.56 Å². The molecule has 1 aliphatic rings. The van der Waals surface area contributed by atoms with Gasteiger partial charge in [-0.25, -0.2) is 0 Å². The van der Waals surface area contributed by atoms with Crippen LogP contribution in [0.3, 0.4) is 0 Å². The molecular formula is C15H18F3NO. The molecule has 1 heterocycles. The maximum Gasteiger partial charge on any atom is 0.391 e. The maximum atomic E-state index is 12.6. The minimum absolute atomic E-state index is 0.0526. The fraction of sp³-hybridized carbons (Fsp3) is 0.600. The predicted molar refractivity (Wildman–Crippen MR) is 69.2 cm³/mol. The van der Waals surface area contributed by atoms with Crippen molar-refractivity contribution >= 4 is 5.78 Å². The van der Waals surface area contributed by atoms with E-state index in [-0.39, 0.29) is 30.5 Å². The van der Waals surface area contributed by atoms with Gasteiger partial charge < -0.3 is 0 Å². The number of carbonyl (C=O) groups excluding carboxylic acids is 1. The van der Waals surface area contributed by atoms with Crippen LogP contribution in [0.25, 0.3) is 0 Å². The number of halogens is 3. The minimum atomic E-state index is -4.12. The Morgan fingerprint density at radius 2 is 1.75 bits per heavy atom. The van der Waals surface area contributed by atoms with Crippen LogP contribution in [0.15, 0.2) is 24.5 Å². The molecule has 2 nitrogen and oxygen atoms in total. The molecule has 1 aromatic heterocycles. The lowest BCUT2D eigenvalue weighted by Gasteiger charge is -2.30. The van der Waals surface area contributed by atoms with Crippen molar-refractivity contribution in [1.29, 1.82) is 0 Å². The average Bonchev–Trinajstić information content (AvgIpc) is 2.46. The van der Waals surface area contributed by atoms with Crippen molar-refractivity contribution in [3.63, 3.8) is 0 Å². The first-order valence-electron chi connectivity index (χ1n) is 6.90. The number of pyridine rings is 1. The summed E-state index contributed by atoms with van der Waals surface area (Å²) < 4.78 is 37.8. The zero-order chi connectivity index (χ0) is 14.8. The molecule has 1 unspecified atom stereocenters. The highest BCUT2D eigenvalue weighted by molar-refractivity contribution is 5.87. The molecule has 110 valence electrons. The number of hydrogen-bond acceptors (Lipinski definition) is 2. The second-order valence-corrected chi connectivity index (χ2v) is 5.49. The monoisotopic (exact) mass is 285 g/mol. The lowest BCUT2D eigenvalue weighted by Crippen LogP contribution is -2.31. The molecule has 0 aromatic carbocycles. The highest BCUT2D eigenvalue weighted by Gasteiger charge is 2.42. The van der Waals surface area contributed by atoms with Gasteiger partial charge in [-0.1, -0.05) is 6.92 Å². The van der Waals surface area contributed by atoms with Crippen LogP contribution in [0.5, 0.6) is 0 Å². The summed E-state index contributed by atoms with van der Waals surface area (Å²) in [6, 6.07) is 3.56. The molecule has 20 heavy (non-hydrogen) atoms. The molecule has 1 fully saturated rings. The van der Waals surface area contributed by atoms with Crippen molar-refractivity contribution in [2.75, 3.05) is 0 Å². The SMILES string of the molecule is CC(C(=O)C1CCC(C(F)(F)F)CC1)c1ccncc1. The largest absolute Gasteiger partial charge is 0.391 e. The summed E-state index contributed by atoms with van der Waals surface area (Å²) >= 11 is 0. The van der Waals surface area contributed by atoms with Crippen molar-refractivity contribution in [3.8, 4) is 0 Å². The number of ketones is 1. The van der Waals surface area contributed by atoms with Crippen molar-refractivity contribution in [3.05, 3.63) is 30.1 Å². The summed E-state index contributed by atoms with van der Waals surface area (Å²) in [4.78, 5) is 16.3. The summed E-state index contributed by atoms with van der Waals surface area (Å²) in [5.41, 5.74) is 0.878. The van der Waals surface area contributed by atoms with Crippen molar-refractivity contribution in [2.45, 2.75) is 44.7 Å². The Hall–Kier alpha value is -1.39. The molecule has 1 saturated carbocycles. The van der Waals surface area contributed by atoms with Crippen LogP contribution in [0.1, 0.15) is 44.1 Å². The zero-order valence-electron chi connectivity index (χ0n) is 11.4. The van der Waals surface area contributed by atoms with Gasteiger partial charge in [0.2, 0.25) is 0 Å². The Bertz CT molecular complexity index is 450. The molecule has 2 rings (SSSR count). The minimum Gasteiger partial charge on any atom is -0.299 e. The second kappa shape index (κ2) is 5.94. The van der Waals surface area contributed by atoms with Gasteiger partial charge in [-0.15, -0.1) is 0 Å². The van der Waals surface area contributed by atoms with Crippen LogP contribution in [0, 0.1) is 11.8 Å². The molecule has 1 aromatic rings. The quantitative estimate of drug-likeness (QED) is 0.836. The Morgan fingerprint density at radius 3 is 2.25 bits per heavy atom. The molecule has 0 aliphatic heterocycles. The van der Waals surface area contributed by atoms with Crippen LogP contribution in [-0.4, -0.2) is 16.9 Å². The van der Waals surface area contributed by atoms with Gasteiger partial charge in [0.05, 0.1) is 5.92 Å². The number of Topliss-reactive ketones (excluding diaryl/α,β-unsaturated/α-hetero) is 1. The highest BCUT2D eigenvalue weighted by atomic mass is 19.4. The molecule has 0 radical (unpaired) electrons. The number of nitrogens with zero attached hydrogens (tertiary/aromatic N) is 1. The Kier molecular flexibility index (Phi) is 4.45. The van der Waals surface area contributed by atoms with E-state index in [2.05, 4.69) is 4.98 Å². The average molecular weight is 285 g/mol. The standard InChI is InChI=1S/C15H18F3NO/c1-10(11-6-8-19-9-7-11)14(20)12-2-4-13(5-3-12)15(16,17)18/h6-10,12-13H,2-5H2,1H3. The molecule has 0 amide bonds. The first-order valence-corrected chi connectivity index (χ1v) is 6.90. The molecule has 0 spiro atoms. The molecule has 1 atom stereocenters. The third-order valence-electron chi connectivity index (χ3n) is 4.23. The smallest absolute Gasteiger partial charge is 0.299 e. The molecule has 5 heteroatoms. The van der Waals surface area contributed by atoms with Gasteiger partial charge in [0.1, 0.15) is 5.78 Å². The van der Waals surface area contributed by atoms with E-state index >= 15 is 0 Å². The van der Waals surface area contributed by atoms with Crippen LogP contribution in [-0.2, 0) is 4.79 Å². The van der Waals surface area contributed by atoms with E-state index in [1.807, 2.05) is 6.92 Å². The van der Waals surface area contributed by atoms with Crippen LogP contribution >= 0.6 is 0 Å². The van der Waals surface area contributed by atoms with Gasteiger partial charge in [-0.05, 0) is 43.4 Å². The van der Waals surface area contributed by atoms with E-state index in [0.29, 0.717) is 12.8 Å². The fourth-order valence-corrected chi connectivity index (χ4v) is 2.88. The van der Waals surface area contributed by atoms with Gasteiger partial charge in [-0.3, -0.25) is 9.78 Å². The van der Waals surface area contributed by atoms with Gasteiger partial charge >= 0.3 is 6.18 Å². The summed E-state index contributed by atoms with van der Waals surface area (Å²) in [6.45, 7) is 1.81. The summed E-state index contributed by atoms with van der Waals surface area (Å²) in [5.74, 6) is -1.69. The summed E-state index contributed by atoms with van der Waals surface area (Å²) in [5, 5.41) is 0. The third-order valence-corrected chi connectivity index (χ3v) is 4.23. The number of alkyl halides is 3.